The number of likely N-dealkylation sites (tertiary alicyclic amines) is 1. The van der Waals surface area contributed by atoms with Gasteiger partial charge in [-0.2, -0.15) is 0 Å². The van der Waals surface area contributed by atoms with Crippen LogP contribution in [0.4, 0.5) is 0 Å². The fourth-order valence-corrected chi connectivity index (χ4v) is 4.56. The van der Waals surface area contributed by atoms with Crippen LogP contribution in [-0.2, 0) is 11.3 Å². The Morgan fingerprint density at radius 2 is 1.59 bits per heavy atom. The van der Waals surface area contributed by atoms with Gasteiger partial charge in [0.25, 0.3) is 5.91 Å². The zero-order valence-electron chi connectivity index (χ0n) is 19.8. The number of rotatable bonds is 7. The molecule has 2 atom stereocenters. The predicted octanol–water partition coefficient (Wildman–Crippen LogP) is 4.22. The van der Waals surface area contributed by atoms with Crippen LogP contribution in [0, 0.1) is 5.92 Å². The van der Waals surface area contributed by atoms with Gasteiger partial charge in [-0.15, -0.1) is 0 Å². The van der Waals surface area contributed by atoms with Gasteiger partial charge in [0.15, 0.2) is 0 Å². The molecule has 3 aromatic carbocycles. The van der Waals surface area contributed by atoms with E-state index in [0.717, 1.165) is 16.9 Å². The van der Waals surface area contributed by atoms with Crippen molar-refractivity contribution in [2.45, 2.75) is 12.5 Å². The van der Waals surface area contributed by atoms with Crippen molar-refractivity contribution < 1.29 is 19.1 Å². The molecule has 2 amide bonds. The molecule has 1 aliphatic rings. The number of nitrogens with zero attached hydrogens (tertiary/aromatic N) is 2. The van der Waals surface area contributed by atoms with Gasteiger partial charge in [-0.3, -0.25) is 9.59 Å². The maximum Gasteiger partial charge on any atom is 0.253 e. The second kappa shape index (κ2) is 10.4. The summed E-state index contributed by atoms with van der Waals surface area (Å²) >= 11 is 0. The lowest BCUT2D eigenvalue weighted by atomic mass is 9.88. The zero-order valence-corrected chi connectivity index (χ0v) is 19.8. The number of ether oxygens (including phenoxy) is 2. The van der Waals surface area contributed by atoms with Crippen LogP contribution in [0.2, 0.25) is 0 Å². The van der Waals surface area contributed by atoms with Crippen molar-refractivity contribution in [2.75, 3.05) is 34.4 Å². The summed E-state index contributed by atoms with van der Waals surface area (Å²) in [6.07, 6.45) is 0. The van der Waals surface area contributed by atoms with Gasteiger partial charge in [-0.05, 0) is 47.5 Å². The third-order valence-corrected chi connectivity index (χ3v) is 6.42. The van der Waals surface area contributed by atoms with Crippen LogP contribution in [0.1, 0.15) is 27.4 Å². The van der Waals surface area contributed by atoms with Gasteiger partial charge in [0.05, 0.1) is 20.1 Å². The smallest absolute Gasteiger partial charge is 0.253 e. The summed E-state index contributed by atoms with van der Waals surface area (Å²) < 4.78 is 10.6. The Labute approximate surface area is 200 Å². The molecule has 1 aliphatic heterocycles. The summed E-state index contributed by atoms with van der Waals surface area (Å²) in [5, 5.41) is 0. The van der Waals surface area contributed by atoms with Crippen molar-refractivity contribution in [1.29, 1.82) is 0 Å². The van der Waals surface area contributed by atoms with E-state index in [4.69, 9.17) is 9.47 Å². The minimum Gasteiger partial charge on any atom is -0.497 e. The molecule has 0 spiro atoms. The van der Waals surface area contributed by atoms with Crippen LogP contribution in [0.25, 0.3) is 0 Å². The molecule has 0 unspecified atom stereocenters. The van der Waals surface area contributed by atoms with Crippen LogP contribution < -0.4 is 9.47 Å². The first-order valence-electron chi connectivity index (χ1n) is 11.4. The van der Waals surface area contributed by atoms with Gasteiger partial charge in [-0.25, -0.2) is 0 Å². The fourth-order valence-electron chi connectivity index (χ4n) is 4.56. The van der Waals surface area contributed by atoms with E-state index in [1.54, 1.807) is 48.3 Å². The van der Waals surface area contributed by atoms with Gasteiger partial charge in [0.1, 0.15) is 11.5 Å². The average molecular weight is 459 g/mol. The number of carbonyl (C=O) groups excluding carboxylic acids is 2. The summed E-state index contributed by atoms with van der Waals surface area (Å²) in [6.45, 7) is 1.35. The van der Waals surface area contributed by atoms with E-state index in [-0.39, 0.29) is 23.7 Å². The second-order valence-corrected chi connectivity index (χ2v) is 8.61. The summed E-state index contributed by atoms with van der Waals surface area (Å²) in [4.78, 5) is 30.5. The van der Waals surface area contributed by atoms with Crippen molar-refractivity contribution in [3.63, 3.8) is 0 Å². The molecule has 0 aromatic heterocycles. The lowest BCUT2D eigenvalue weighted by Crippen LogP contribution is -2.36. The van der Waals surface area contributed by atoms with Gasteiger partial charge in [0, 0.05) is 38.2 Å². The molecule has 1 heterocycles. The molecule has 0 saturated carbocycles. The summed E-state index contributed by atoms with van der Waals surface area (Å²) in [5.41, 5.74) is 2.65. The van der Waals surface area contributed by atoms with E-state index in [0.29, 0.717) is 30.9 Å². The highest BCUT2D eigenvalue weighted by molar-refractivity contribution is 5.95. The predicted molar refractivity (Wildman–Crippen MR) is 131 cm³/mol. The highest BCUT2D eigenvalue weighted by atomic mass is 16.5. The first-order valence-corrected chi connectivity index (χ1v) is 11.4. The Balaban J connectivity index is 1.59. The zero-order chi connectivity index (χ0) is 24.1. The summed E-state index contributed by atoms with van der Waals surface area (Å²) in [6, 6.07) is 24.8. The molecule has 0 aliphatic carbocycles. The lowest BCUT2D eigenvalue weighted by Gasteiger charge is -2.25. The molecule has 3 aromatic rings. The second-order valence-electron chi connectivity index (χ2n) is 8.61. The minimum atomic E-state index is -0.344. The van der Waals surface area contributed by atoms with Crippen LogP contribution >= 0.6 is 0 Å². The van der Waals surface area contributed by atoms with Gasteiger partial charge in [-0.1, -0.05) is 42.5 Å². The fraction of sp³-hybridized carbons (Fsp3) is 0.286. The molecular formula is C28H30N2O4. The average Bonchev–Trinajstić information content (AvgIpc) is 3.34. The molecule has 0 bridgehead atoms. The van der Waals surface area contributed by atoms with Crippen LogP contribution in [0.3, 0.4) is 0 Å². The van der Waals surface area contributed by atoms with Gasteiger partial charge < -0.3 is 19.3 Å². The number of hydrogen-bond donors (Lipinski definition) is 0. The van der Waals surface area contributed by atoms with E-state index in [1.165, 1.54) is 0 Å². The topological polar surface area (TPSA) is 59.1 Å². The molecule has 6 nitrogen and oxygen atoms in total. The first-order chi connectivity index (χ1) is 16.5. The Morgan fingerprint density at radius 1 is 0.882 bits per heavy atom. The third kappa shape index (κ3) is 5.06. The molecule has 6 heteroatoms. The Bertz CT molecular complexity index is 1130. The van der Waals surface area contributed by atoms with E-state index in [1.807, 2.05) is 61.6 Å². The van der Waals surface area contributed by atoms with Crippen molar-refractivity contribution in [3.05, 3.63) is 95.6 Å². The number of methoxy groups -OCH3 is 2. The third-order valence-electron chi connectivity index (χ3n) is 6.42. The van der Waals surface area contributed by atoms with E-state index in [2.05, 4.69) is 0 Å². The van der Waals surface area contributed by atoms with E-state index < -0.39 is 0 Å². The standard InChI is InChI=1S/C28H30N2O4/c1-29(17-20-8-5-4-6-9-20)28(32)26-19-30(27(31)21-12-14-23(33-2)15-13-21)18-25(26)22-10-7-11-24(16-22)34-3/h4-16,25-26H,17-19H2,1-3H3/t25-,26-/m1/s1. The number of amides is 2. The highest BCUT2D eigenvalue weighted by Crippen LogP contribution is 2.36. The quantitative estimate of drug-likeness (QED) is 0.532. The molecule has 1 fully saturated rings. The van der Waals surface area contributed by atoms with Crippen LogP contribution in [-0.4, -0.2) is 56.0 Å². The molecule has 176 valence electrons. The maximum absolute atomic E-state index is 13.6. The van der Waals surface area contributed by atoms with Crippen molar-refractivity contribution in [1.82, 2.24) is 9.80 Å². The normalized spacial score (nSPS) is 17.3. The highest BCUT2D eigenvalue weighted by Gasteiger charge is 2.41. The van der Waals surface area contributed by atoms with Gasteiger partial charge >= 0.3 is 0 Å². The molecule has 4 rings (SSSR count). The largest absolute Gasteiger partial charge is 0.497 e. The lowest BCUT2D eigenvalue weighted by molar-refractivity contribution is -0.134. The summed E-state index contributed by atoms with van der Waals surface area (Å²) in [7, 11) is 5.05. The first kappa shape index (κ1) is 23.4. The Kier molecular flexibility index (Phi) is 7.16. The molecular weight excluding hydrogens is 428 g/mol. The maximum atomic E-state index is 13.6. The molecule has 0 N–H and O–H groups in total. The van der Waals surface area contributed by atoms with Crippen LogP contribution in [0.15, 0.2) is 78.9 Å². The minimum absolute atomic E-state index is 0.0294. The van der Waals surface area contributed by atoms with Crippen molar-refractivity contribution >= 4 is 11.8 Å². The van der Waals surface area contributed by atoms with Crippen molar-refractivity contribution in [2.24, 2.45) is 5.92 Å². The van der Waals surface area contributed by atoms with E-state index >= 15 is 0 Å². The number of hydrogen-bond acceptors (Lipinski definition) is 4. The Morgan fingerprint density at radius 3 is 2.26 bits per heavy atom. The monoisotopic (exact) mass is 458 g/mol. The summed E-state index contributed by atoms with van der Waals surface area (Å²) in [5.74, 6) is 0.911. The SMILES string of the molecule is COc1ccc(C(=O)N2C[C@H](c3cccc(OC)c3)[C@H](C(=O)N(C)Cc3ccccc3)C2)cc1. The van der Waals surface area contributed by atoms with Crippen LogP contribution in [0.5, 0.6) is 11.5 Å². The molecule has 34 heavy (non-hydrogen) atoms. The number of carbonyl (C=O) groups is 2. The number of benzene rings is 3. The van der Waals surface area contributed by atoms with E-state index in [9.17, 15) is 9.59 Å². The Hall–Kier alpha value is -3.80. The molecule has 1 saturated heterocycles. The van der Waals surface area contributed by atoms with Crippen molar-refractivity contribution in [3.8, 4) is 11.5 Å². The van der Waals surface area contributed by atoms with Gasteiger partial charge in [0.2, 0.25) is 5.91 Å². The molecule has 0 radical (unpaired) electrons.